The molecule has 0 atom stereocenters. The Labute approximate surface area is 165 Å². The molecule has 0 fully saturated rings. The second-order valence-corrected chi connectivity index (χ2v) is 6.09. The van der Waals surface area contributed by atoms with Crippen molar-refractivity contribution in [3.8, 4) is 17.2 Å². The fraction of sp³-hybridized carbons (Fsp3) is 0.190. The van der Waals surface area contributed by atoms with Crippen LogP contribution in [0.5, 0.6) is 17.2 Å². The summed E-state index contributed by atoms with van der Waals surface area (Å²) < 4.78 is 16.5. The number of carboxylic acids is 1. The first-order valence-corrected chi connectivity index (χ1v) is 8.88. The largest absolute Gasteiger partial charge is 0.548 e. The number of benzene rings is 2. The van der Waals surface area contributed by atoms with Gasteiger partial charge in [0.25, 0.3) is 5.91 Å². The van der Waals surface area contributed by atoms with Crippen molar-refractivity contribution in [1.29, 1.82) is 0 Å². The molecule has 0 saturated heterocycles. The summed E-state index contributed by atoms with van der Waals surface area (Å²) in [7, 11) is 0. The third-order valence-corrected chi connectivity index (χ3v) is 4.09. The number of fused-ring (bicyclic) bond motifs is 1. The highest BCUT2D eigenvalue weighted by Crippen LogP contribution is 2.26. The molecule has 1 amide bonds. The Hall–Kier alpha value is -3.81. The van der Waals surface area contributed by atoms with Gasteiger partial charge in [0.1, 0.15) is 23.3 Å². The van der Waals surface area contributed by atoms with E-state index in [9.17, 15) is 19.5 Å². The number of para-hydroxylation sites is 1. The number of hydrogen-bond donors (Lipinski definition) is 1. The van der Waals surface area contributed by atoms with Crippen molar-refractivity contribution < 1.29 is 28.6 Å². The van der Waals surface area contributed by atoms with Crippen LogP contribution >= 0.6 is 0 Å². The summed E-state index contributed by atoms with van der Waals surface area (Å²) in [5, 5.41) is 12.7. The predicted molar refractivity (Wildman–Crippen MR) is 102 cm³/mol. The summed E-state index contributed by atoms with van der Waals surface area (Å²) in [5.74, 6) is -1.08. The van der Waals surface area contributed by atoms with E-state index >= 15 is 0 Å². The Balaban J connectivity index is 1.76. The third kappa shape index (κ3) is 4.92. The zero-order chi connectivity index (χ0) is 20.8. The van der Waals surface area contributed by atoms with Gasteiger partial charge in [-0.25, -0.2) is 0 Å². The quantitative estimate of drug-likeness (QED) is 0.611. The maximum Gasteiger partial charge on any atom is 0.258 e. The van der Waals surface area contributed by atoms with Gasteiger partial charge in [-0.2, -0.15) is 0 Å². The normalized spacial score (nSPS) is 10.5. The fourth-order valence-corrected chi connectivity index (χ4v) is 2.64. The van der Waals surface area contributed by atoms with E-state index in [1.165, 1.54) is 24.5 Å². The van der Waals surface area contributed by atoms with E-state index in [4.69, 9.17) is 13.9 Å². The summed E-state index contributed by atoms with van der Waals surface area (Å²) >= 11 is 0. The van der Waals surface area contributed by atoms with E-state index in [1.54, 1.807) is 6.07 Å². The van der Waals surface area contributed by atoms with Crippen molar-refractivity contribution >= 4 is 22.8 Å². The molecule has 0 bridgehead atoms. The highest BCUT2D eigenvalue weighted by atomic mass is 16.5. The van der Waals surface area contributed by atoms with E-state index in [2.05, 4.69) is 5.32 Å². The number of amides is 1. The van der Waals surface area contributed by atoms with E-state index in [1.807, 2.05) is 25.1 Å². The standard InChI is InChI=1S/C21H19NO7/c1-2-13-5-3-4-6-16(13)29-18-11-28-17-9-14(7-8-15(17)21(18)26)27-12-19(23)22-10-20(24)25/h3-9,11H,2,10,12H2,1H3,(H,22,23)(H,24,25)/p-1. The molecule has 3 aromatic rings. The molecule has 2 aromatic carbocycles. The molecule has 0 saturated carbocycles. The summed E-state index contributed by atoms with van der Waals surface area (Å²) in [6.07, 6.45) is 1.99. The molecule has 29 heavy (non-hydrogen) atoms. The average molecular weight is 396 g/mol. The molecule has 1 heterocycles. The van der Waals surface area contributed by atoms with Gasteiger partial charge in [0.2, 0.25) is 11.2 Å². The van der Waals surface area contributed by atoms with Crippen LogP contribution in [0, 0.1) is 0 Å². The number of rotatable bonds is 8. The monoisotopic (exact) mass is 396 g/mol. The van der Waals surface area contributed by atoms with Crippen LogP contribution in [0.4, 0.5) is 0 Å². The molecular weight excluding hydrogens is 378 g/mol. The van der Waals surface area contributed by atoms with Gasteiger partial charge in [-0.15, -0.1) is 0 Å². The highest BCUT2D eigenvalue weighted by molar-refractivity contribution is 5.82. The fourth-order valence-electron chi connectivity index (χ4n) is 2.64. The molecular formula is C21H18NO7-. The molecule has 0 aliphatic rings. The van der Waals surface area contributed by atoms with Gasteiger partial charge in [-0.05, 0) is 30.2 Å². The first kappa shape index (κ1) is 19.9. The molecule has 3 rings (SSSR count). The molecule has 8 nitrogen and oxygen atoms in total. The first-order chi connectivity index (χ1) is 14.0. The molecule has 1 N–H and O–H groups in total. The van der Waals surface area contributed by atoms with Crippen LogP contribution in [0.1, 0.15) is 12.5 Å². The zero-order valence-corrected chi connectivity index (χ0v) is 15.6. The molecule has 1 aromatic heterocycles. The molecule has 8 heteroatoms. The van der Waals surface area contributed by atoms with Gasteiger partial charge in [-0.3, -0.25) is 9.59 Å². The topological polar surface area (TPSA) is 118 Å². The van der Waals surface area contributed by atoms with E-state index < -0.39 is 25.0 Å². The predicted octanol–water partition coefficient (Wildman–Crippen LogP) is 1.39. The second-order valence-electron chi connectivity index (χ2n) is 6.09. The lowest BCUT2D eigenvalue weighted by Gasteiger charge is -2.10. The van der Waals surface area contributed by atoms with Gasteiger partial charge < -0.3 is 29.1 Å². The van der Waals surface area contributed by atoms with Crippen LogP contribution in [0.3, 0.4) is 0 Å². The van der Waals surface area contributed by atoms with Gasteiger partial charge >= 0.3 is 0 Å². The van der Waals surface area contributed by atoms with Gasteiger partial charge in [0, 0.05) is 6.07 Å². The lowest BCUT2D eigenvalue weighted by molar-refractivity contribution is -0.304. The Morgan fingerprint density at radius 3 is 2.69 bits per heavy atom. The Morgan fingerprint density at radius 1 is 1.14 bits per heavy atom. The Morgan fingerprint density at radius 2 is 1.93 bits per heavy atom. The number of carbonyl (C=O) groups excluding carboxylic acids is 2. The molecule has 0 radical (unpaired) electrons. The smallest absolute Gasteiger partial charge is 0.258 e. The average Bonchev–Trinajstić information content (AvgIpc) is 2.73. The highest BCUT2D eigenvalue weighted by Gasteiger charge is 2.12. The third-order valence-electron chi connectivity index (χ3n) is 4.09. The van der Waals surface area contributed by atoms with Crippen molar-refractivity contribution in [1.82, 2.24) is 5.32 Å². The zero-order valence-electron chi connectivity index (χ0n) is 15.6. The van der Waals surface area contributed by atoms with Crippen LogP contribution in [0.2, 0.25) is 0 Å². The van der Waals surface area contributed by atoms with E-state index in [0.717, 1.165) is 12.0 Å². The van der Waals surface area contributed by atoms with E-state index in [-0.39, 0.29) is 22.5 Å². The first-order valence-electron chi connectivity index (χ1n) is 8.88. The maximum absolute atomic E-state index is 12.7. The molecule has 0 unspecified atom stereocenters. The van der Waals surface area contributed by atoms with Crippen molar-refractivity contribution in [2.75, 3.05) is 13.2 Å². The summed E-state index contributed by atoms with van der Waals surface area (Å²) in [4.78, 5) is 34.5. The SMILES string of the molecule is CCc1ccccc1Oc1coc2cc(OCC(=O)NCC(=O)[O-])ccc2c1=O. The Bertz CT molecular complexity index is 1100. The molecule has 0 spiro atoms. The van der Waals surface area contributed by atoms with Crippen LogP contribution in [-0.2, 0) is 16.0 Å². The number of hydrogen-bond acceptors (Lipinski definition) is 7. The lowest BCUT2D eigenvalue weighted by atomic mass is 10.1. The van der Waals surface area contributed by atoms with Crippen molar-refractivity contribution in [2.45, 2.75) is 13.3 Å². The summed E-state index contributed by atoms with van der Waals surface area (Å²) in [6, 6.07) is 11.9. The summed E-state index contributed by atoms with van der Waals surface area (Å²) in [5.41, 5.74) is 0.891. The van der Waals surface area contributed by atoms with E-state index in [0.29, 0.717) is 11.1 Å². The molecule has 150 valence electrons. The van der Waals surface area contributed by atoms with Gasteiger partial charge in [0.05, 0.1) is 17.9 Å². The maximum atomic E-state index is 12.7. The minimum atomic E-state index is -1.40. The van der Waals surface area contributed by atoms with Crippen LogP contribution in [0.25, 0.3) is 11.0 Å². The number of aliphatic carboxylic acids is 1. The number of carboxylic acid groups (broad SMARTS) is 1. The van der Waals surface area contributed by atoms with Crippen molar-refractivity contribution in [2.24, 2.45) is 0 Å². The lowest BCUT2D eigenvalue weighted by Crippen LogP contribution is -2.39. The number of ether oxygens (including phenoxy) is 2. The number of nitrogens with one attached hydrogen (secondary N) is 1. The molecule has 0 aliphatic heterocycles. The number of aryl methyl sites for hydroxylation is 1. The second kappa shape index (κ2) is 8.92. The Kier molecular flexibility index (Phi) is 6.13. The number of carbonyl (C=O) groups is 2. The van der Waals surface area contributed by atoms with Gasteiger partial charge in [0.15, 0.2) is 6.61 Å². The van der Waals surface area contributed by atoms with Crippen LogP contribution in [-0.4, -0.2) is 25.0 Å². The van der Waals surface area contributed by atoms with Crippen molar-refractivity contribution in [3.05, 3.63) is 64.5 Å². The summed E-state index contributed by atoms with van der Waals surface area (Å²) in [6.45, 7) is 1.00. The molecule has 0 aliphatic carbocycles. The van der Waals surface area contributed by atoms with Crippen molar-refractivity contribution in [3.63, 3.8) is 0 Å². The van der Waals surface area contributed by atoms with Crippen LogP contribution in [0.15, 0.2) is 57.9 Å². The minimum Gasteiger partial charge on any atom is -0.548 e. The minimum absolute atomic E-state index is 0.0636. The van der Waals surface area contributed by atoms with Crippen LogP contribution < -0.4 is 25.3 Å². The van der Waals surface area contributed by atoms with Gasteiger partial charge in [-0.1, -0.05) is 25.1 Å².